The number of hydrogen-bond donors (Lipinski definition) is 1. The fraction of sp³-hybridized carbons (Fsp3) is 0.0476. The van der Waals surface area contributed by atoms with Crippen LogP contribution in [0.5, 0.6) is 0 Å². The minimum absolute atomic E-state index is 0.166. The predicted octanol–water partition coefficient (Wildman–Crippen LogP) is 2.85. The Morgan fingerprint density at radius 2 is 1.62 bits per heavy atom. The fourth-order valence-electron chi connectivity index (χ4n) is 2.91. The Balaban J connectivity index is 1.89. The molecule has 0 fully saturated rings. The number of benzene rings is 3. The van der Waals surface area contributed by atoms with E-state index in [1.54, 1.807) is 6.07 Å². The van der Waals surface area contributed by atoms with Crippen LogP contribution in [0.1, 0.15) is 5.56 Å². The van der Waals surface area contributed by atoms with Gasteiger partial charge in [0.1, 0.15) is 12.2 Å². The van der Waals surface area contributed by atoms with Gasteiger partial charge in [0.05, 0.1) is 21.0 Å². The maximum Gasteiger partial charge on any atom is 0.293 e. The third-order valence-corrected chi connectivity index (χ3v) is 6.22. The molecular weight excluding hydrogens is 466 g/mol. The second-order valence-electron chi connectivity index (χ2n) is 6.72. The maximum absolute atomic E-state index is 13.3. The van der Waals surface area contributed by atoms with E-state index in [-0.39, 0.29) is 16.3 Å². The first-order valence-corrected chi connectivity index (χ1v) is 11.0. The number of nitro benzene ring substituents is 2. The van der Waals surface area contributed by atoms with Crippen LogP contribution in [0.4, 0.5) is 17.1 Å². The van der Waals surface area contributed by atoms with Crippen molar-refractivity contribution in [1.82, 2.24) is 5.43 Å². The van der Waals surface area contributed by atoms with E-state index in [1.165, 1.54) is 66.7 Å². The number of nitrogens with one attached hydrogen (secondary N) is 1. The third kappa shape index (κ3) is 5.58. The number of amides is 1. The average molecular weight is 483 g/mol. The summed E-state index contributed by atoms with van der Waals surface area (Å²) in [5, 5.41) is 26.0. The molecule has 34 heavy (non-hydrogen) atoms. The molecule has 0 atom stereocenters. The van der Waals surface area contributed by atoms with Gasteiger partial charge in [-0.25, -0.2) is 18.1 Å². The van der Waals surface area contributed by atoms with Gasteiger partial charge in [-0.2, -0.15) is 5.10 Å². The van der Waals surface area contributed by atoms with E-state index in [1.807, 2.05) is 0 Å². The molecule has 13 heteroatoms. The minimum atomic E-state index is -4.36. The second-order valence-corrected chi connectivity index (χ2v) is 8.58. The lowest BCUT2D eigenvalue weighted by Crippen LogP contribution is -2.39. The summed E-state index contributed by atoms with van der Waals surface area (Å²) in [6.45, 7) is -0.811. The van der Waals surface area contributed by atoms with Crippen molar-refractivity contribution in [2.45, 2.75) is 4.90 Å². The zero-order valence-electron chi connectivity index (χ0n) is 17.3. The molecule has 0 aliphatic carbocycles. The molecule has 0 aliphatic rings. The van der Waals surface area contributed by atoms with Gasteiger partial charge in [-0.3, -0.25) is 25.0 Å². The fourth-order valence-corrected chi connectivity index (χ4v) is 4.37. The first-order valence-electron chi connectivity index (χ1n) is 9.57. The van der Waals surface area contributed by atoms with Crippen LogP contribution in [0.15, 0.2) is 88.9 Å². The third-order valence-electron chi connectivity index (χ3n) is 4.45. The topological polar surface area (TPSA) is 165 Å². The van der Waals surface area contributed by atoms with Crippen LogP contribution in [-0.4, -0.2) is 36.9 Å². The first kappa shape index (κ1) is 24.0. The summed E-state index contributed by atoms with van der Waals surface area (Å²) in [4.78, 5) is 33.4. The van der Waals surface area contributed by atoms with E-state index in [2.05, 4.69) is 10.5 Å². The van der Waals surface area contributed by atoms with Gasteiger partial charge < -0.3 is 0 Å². The lowest BCUT2D eigenvalue weighted by molar-refractivity contribution is -0.384. The first-order chi connectivity index (χ1) is 16.2. The van der Waals surface area contributed by atoms with Crippen molar-refractivity contribution in [2.75, 3.05) is 10.8 Å². The van der Waals surface area contributed by atoms with Gasteiger partial charge in [0.25, 0.3) is 27.3 Å². The molecular formula is C21H17N5O7S. The number of non-ortho nitro benzene ring substituents is 1. The van der Waals surface area contributed by atoms with Crippen molar-refractivity contribution < 1.29 is 23.1 Å². The van der Waals surface area contributed by atoms with Gasteiger partial charge >= 0.3 is 0 Å². The number of hydrazone groups is 1. The van der Waals surface area contributed by atoms with Gasteiger partial charge in [-0.1, -0.05) is 42.5 Å². The maximum atomic E-state index is 13.3. The molecule has 3 rings (SSSR count). The zero-order valence-corrected chi connectivity index (χ0v) is 18.2. The number of hydrogen-bond acceptors (Lipinski definition) is 8. The van der Waals surface area contributed by atoms with Crippen molar-refractivity contribution in [2.24, 2.45) is 5.10 Å². The summed E-state index contributed by atoms with van der Waals surface area (Å²) < 4.78 is 27.1. The highest BCUT2D eigenvalue weighted by molar-refractivity contribution is 7.92. The molecule has 0 heterocycles. The van der Waals surface area contributed by atoms with Gasteiger partial charge in [-0.15, -0.1) is 0 Å². The van der Waals surface area contributed by atoms with Gasteiger partial charge in [0, 0.05) is 23.8 Å². The Morgan fingerprint density at radius 1 is 0.941 bits per heavy atom. The lowest BCUT2D eigenvalue weighted by Gasteiger charge is -2.23. The van der Waals surface area contributed by atoms with E-state index in [9.17, 15) is 33.4 Å². The summed E-state index contributed by atoms with van der Waals surface area (Å²) in [5.74, 6) is -0.890. The van der Waals surface area contributed by atoms with E-state index >= 15 is 0 Å². The van der Waals surface area contributed by atoms with Crippen molar-refractivity contribution in [1.29, 1.82) is 0 Å². The van der Waals surface area contributed by atoms with E-state index in [0.29, 0.717) is 9.87 Å². The Morgan fingerprint density at radius 3 is 2.29 bits per heavy atom. The molecule has 0 aromatic heterocycles. The van der Waals surface area contributed by atoms with Crippen LogP contribution in [0.25, 0.3) is 0 Å². The van der Waals surface area contributed by atoms with Crippen molar-refractivity contribution >= 4 is 39.2 Å². The minimum Gasteiger partial charge on any atom is -0.271 e. The molecule has 0 radical (unpaired) electrons. The van der Waals surface area contributed by atoms with Crippen LogP contribution in [0, 0.1) is 20.2 Å². The van der Waals surface area contributed by atoms with Crippen LogP contribution < -0.4 is 9.73 Å². The standard InChI is InChI=1S/C21H17N5O7S/c27-21(23-22-14-16-7-6-8-17(13-16)25(28)29)15-24(19-11-4-5-12-20(19)26(30)31)34(32,33)18-9-2-1-3-10-18/h1-14H,15H2,(H,23,27)/b22-14-. The summed E-state index contributed by atoms with van der Waals surface area (Å²) >= 11 is 0. The number of para-hydroxylation sites is 2. The van der Waals surface area contributed by atoms with E-state index < -0.39 is 38.0 Å². The number of carbonyl (C=O) groups is 1. The molecule has 3 aromatic carbocycles. The highest BCUT2D eigenvalue weighted by atomic mass is 32.2. The van der Waals surface area contributed by atoms with Gasteiger partial charge in [0.2, 0.25) is 0 Å². The quantitative estimate of drug-likeness (QED) is 0.277. The molecule has 0 spiro atoms. The summed E-state index contributed by atoms with van der Waals surface area (Å²) in [5.41, 5.74) is 1.48. The largest absolute Gasteiger partial charge is 0.293 e. The predicted molar refractivity (Wildman–Crippen MR) is 123 cm³/mol. The molecule has 0 aliphatic heterocycles. The SMILES string of the molecule is O=C(CN(c1ccccc1[N+](=O)[O-])S(=O)(=O)c1ccccc1)N/N=C\c1cccc([N+](=O)[O-])c1. The Hall–Kier alpha value is -4.65. The Bertz CT molecular complexity index is 1360. The number of sulfonamides is 1. The number of carbonyl (C=O) groups excluding carboxylic acids is 1. The lowest BCUT2D eigenvalue weighted by atomic mass is 10.2. The van der Waals surface area contributed by atoms with Crippen molar-refractivity contribution in [3.05, 3.63) is 105 Å². The molecule has 1 N–H and O–H groups in total. The number of nitro groups is 2. The molecule has 174 valence electrons. The number of nitrogens with zero attached hydrogens (tertiary/aromatic N) is 4. The Kier molecular flexibility index (Phi) is 7.28. The average Bonchev–Trinajstić information content (AvgIpc) is 2.83. The summed E-state index contributed by atoms with van der Waals surface area (Å²) in [6.07, 6.45) is 1.14. The highest BCUT2D eigenvalue weighted by Gasteiger charge is 2.31. The van der Waals surface area contributed by atoms with Crippen LogP contribution in [-0.2, 0) is 14.8 Å². The molecule has 3 aromatic rings. The molecule has 0 bridgehead atoms. The molecule has 12 nitrogen and oxygen atoms in total. The molecule has 0 saturated heterocycles. The second kappa shape index (κ2) is 10.3. The highest BCUT2D eigenvalue weighted by Crippen LogP contribution is 2.31. The molecule has 0 saturated carbocycles. The van der Waals surface area contributed by atoms with Gasteiger partial charge in [-0.05, 0) is 18.2 Å². The van der Waals surface area contributed by atoms with Crippen LogP contribution >= 0.6 is 0 Å². The van der Waals surface area contributed by atoms with E-state index in [4.69, 9.17) is 0 Å². The number of anilines is 1. The number of rotatable bonds is 9. The van der Waals surface area contributed by atoms with Gasteiger partial charge in [0.15, 0.2) is 0 Å². The summed E-state index contributed by atoms with van der Waals surface area (Å²) in [7, 11) is -4.36. The smallest absolute Gasteiger partial charge is 0.271 e. The monoisotopic (exact) mass is 483 g/mol. The van der Waals surface area contributed by atoms with Crippen LogP contribution in [0.3, 0.4) is 0 Å². The van der Waals surface area contributed by atoms with Crippen LogP contribution in [0.2, 0.25) is 0 Å². The normalized spacial score (nSPS) is 11.2. The molecule has 0 unspecified atom stereocenters. The molecule has 1 amide bonds. The van der Waals surface area contributed by atoms with Crippen molar-refractivity contribution in [3.63, 3.8) is 0 Å². The van der Waals surface area contributed by atoms with E-state index in [0.717, 1.165) is 12.3 Å². The van der Waals surface area contributed by atoms with Crippen molar-refractivity contribution in [3.8, 4) is 0 Å². The summed E-state index contributed by atoms with van der Waals surface area (Å²) in [6, 6.07) is 17.8. The Labute approximate surface area is 193 Å². The zero-order chi connectivity index (χ0) is 24.7.